The second-order valence-electron chi connectivity index (χ2n) is 3.86. The van der Waals surface area contributed by atoms with Crippen LogP contribution < -0.4 is 0 Å². The van der Waals surface area contributed by atoms with Gasteiger partial charge in [0.05, 0.1) is 6.61 Å². The maximum atomic E-state index is 11.1. The highest BCUT2D eigenvalue weighted by Crippen LogP contribution is 2.29. The molecule has 0 aromatic carbocycles. The normalized spacial score (nSPS) is 30.3. The highest BCUT2D eigenvalue weighted by atomic mass is 16.5. The first-order valence-corrected chi connectivity index (χ1v) is 4.51. The minimum atomic E-state index is -0.735. The Morgan fingerprint density at radius 3 is 2.85 bits per heavy atom. The van der Waals surface area contributed by atoms with Gasteiger partial charge in [-0.25, -0.2) is 0 Å². The Balaban J connectivity index is 2.70. The molecule has 1 unspecified atom stereocenters. The van der Waals surface area contributed by atoms with Gasteiger partial charge in [-0.15, -0.1) is 0 Å². The topological polar surface area (TPSA) is 49.8 Å². The maximum absolute atomic E-state index is 11.1. The molecule has 0 amide bonds. The summed E-state index contributed by atoms with van der Waals surface area (Å²) < 4.78 is 4.99. The molecule has 4 nitrogen and oxygen atoms in total. The summed E-state index contributed by atoms with van der Waals surface area (Å²) in [6.45, 7) is 1.89. The van der Waals surface area contributed by atoms with E-state index in [9.17, 15) is 4.79 Å². The molecule has 1 aliphatic rings. The van der Waals surface area contributed by atoms with E-state index in [-0.39, 0.29) is 0 Å². The number of piperidine rings is 1. The molecule has 0 aliphatic carbocycles. The third-order valence-electron chi connectivity index (χ3n) is 2.64. The first kappa shape index (κ1) is 10.5. The molecule has 1 fully saturated rings. The van der Waals surface area contributed by atoms with Crippen LogP contribution in [0, 0.1) is 5.41 Å². The number of carboxylic acid groups (broad SMARTS) is 1. The Kier molecular flexibility index (Phi) is 3.27. The summed E-state index contributed by atoms with van der Waals surface area (Å²) in [7, 11) is 3.51. The van der Waals surface area contributed by atoms with Gasteiger partial charge in [-0.3, -0.25) is 4.79 Å². The van der Waals surface area contributed by atoms with Crippen molar-refractivity contribution in [3.05, 3.63) is 0 Å². The first-order valence-electron chi connectivity index (χ1n) is 4.51. The number of hydrogen-bond donors (Lipinski definition) is 1. The highest BCUT2D eigenvalue weighted by Gasteiger charge is 2.41. The summed E-state index contributed by atoms with van der Waals surface area (Å²) in [5.41, 5.74) is -0.679. The molecule has 1 rings (SSSR count). The lowest BCUT2D eigenvalue weighted by Gasteiger charge is -2.37. The van der Waals surface area contributed by atoms with Crippen LogP contribution in [0.1, 0.15) is 12.8 Å². The molecule has 1 heterocycles. The monoisotopic (exact) mass is 187 g/mol. The maximum Gasteiger partial charge on any atom is 0.313 e. The fraction of sp³-hybridized carbons (Fsp3) is 0.889. The minimum Gasteiger partial charge on any atom is -0.481 e. The zero-order valence-electron chi connectivity index (χ0n) is 8.25. The zero-order valence-corrected chi connectivity index (χ0v) is 8.25. The van der Waals surface area contributed by atoms with Crippen molar-refractivity contribution in [3.8, 4) is 0 Å². The largest absolute Gasteiger partial charge is 0.481 e. The van der Waals surface area contributed by atoms with Crippen LogP contribution in [0.2, 0.25) is 0 Å². The quantitative estimate of drug-likeness (QED) is 0.696. The third-order valence-corrected chi connectivity index (χ3v) is 2.64. The van der Waals surface area contributed by atoms with E-state index in [0.29, 0.717) is 13.2 Å². The predicted octanol–water partition coefficient (Wildman–Crippen LogP) is 0.429. The van der Waals surface area contributed by atoms with Gasteiger partial charge in [0, 0.05) is 13.7 Å². The van der Waals surface area contributed by atoms with Crippen molar-refractivity contribution >= 4 is 5.97 Å². The molecule has 76 valence electrons. The van der Waals surface area contributed by atoms with Gasteiger partial charge < -0.3 is 14.7 Å². The number of aliphatic carboxylic acids is 1. The van der Waals surface area contributed by atoms with Gasteiger partial charge in [-0.2, -0.15) is 0 Å². The third kappa shape index (κ3) is 2.19. The highest BCUT2D eigenvalue weighted by molar-refractivity contribution is 5.75. The second-order valence-corrected chi connectivity index (χ2v) is 3.86. The van der Waals surface area contributed by atoms with Crippen molar-refractivity contribution in [2.45, 2.75) is 12.8 Å². The summed E-state index contributed by atoms with van der Waals surface area (Å²) in [4.78, 5) is 13.2. The predicted molar refractivity (Wildman–Crippen MR) is 48.7 cm³/mol. The van der Waals surface area contributed by atoms with Gasteiger partial charge in [-0.05, 0) is 26.4 Å². The van der Waals surface area contributed by atoms with Crippen LogP contribution in [-0.4, -0.2) is 49.8 Å². The number of likely N-dealkylation sites (tertiary alicyclic amines) is 1. The number of hydrogen-bond acceptors (Lipinski definition) is 3. The van der Waals surface area contributed by atoms with E-state index in [1.807, 2.05) is 7.05 Å². The van der Waals surface area contributed by atoms with Crippen molar-refractivity contribution in [2.24, 2.45) is 5.41 Å². The van der Waals surface area contributed by atoms with Crippen molar-refractivity contribution < 1.29 is 14.6 Å². The zero-order chi connectivity index (χ0) is 9.90. The van der Waals surface area contributed by atoms with Crippen molar-refractivity contribution in [1.82, 2.24) is 4.90 Å². The molecule has 13 heavy (non-hydrogen) atoms. The number of methoxy groups -OCH3 is 1. The minimum absolute atomic E-state index is 0.312. The lowest BCUT2D eigenvalue weighted by atomic mass is 9.81. The average Bonchev–Trinajstić information content (AvgIpc) is 2.04. The van der Waals surface area contributed by atoms with Crippen molar-refractivity contribution in [1.29, 1.82) is 0 Å². The van der Waals surface area contributed by atoms with Crippen molar-refractivity contribution in [3.63, 3.8) is 0 Å². The number of ether oxygens (including phenoxy) is 1. The molecule has 0 bridgehead atoms. The Labute approximate surface area is 78.5 Å². The molecular formula is C9H17NO3. The second kappa shape index (κ2) is 4.07. The fourth-order valence-corrected chi connectivity index (χ4v) is 1.99. The molecule has 0 aromatic heterocycles. The molecule has 0 spiro atoms. The van der Waals surface area contributed by atoms with E-state index in [1.165, 1.54) is 0 Å². The van der Waals surface area contributed by atoms with Gasteiger partial charge in [0.25, 0.3) is 0 Å². The van der Waals surface area contributed by atoms with E-state index in [0.717, 1.165) is 19.4 Å². The van der Waals surface area contributed by atoms with E-state index < -0.39 is 11.4 Å². The first-order chi connectivity index (χ1) is 6.10. The Hall–Kier alpha value is -0.610. The molecule has 1 aliphatic heterocycles. The molecule has 4 heteroatoms. The van der Waals surface area contributed by atoms with Crippen LogP contribution in [0.4, 0.5) is 0 Å². The number of carboxylic acids is 1. The van der Waals surface area contributed by atoms with Crippen LogP contribution in [0.15, 0.2) is 0 Å². The Morgan fingerprint density at radius 2 is 2.38 bits per heavy atom. The standard InChI is InChI=1S/C9H17NO3/c1-10-5-3-4-9(6-10,7-13-2)8(11)12/h3-7H2,1-2H3,(H,11,12). The summed E-state index contributed by atoms with van der Waals surface area (Å²) >= 11 is 0. The molecular weight excluding hydrogens is 170 g/mol. The van der Waals surface area contributed by atoms with Gasteiger partial charge >= 0.3 is 5.97 Å². The molecule has 0 saturated carbocycles. The summed E-state index contributed by atoms with van der Waals surface area (Å²) in [5, 5.41) is 9.13. The summed E-state index contributed by atoms with van der Waals surface area (Å²) in [6.07, 6.45) is 1.66. The lowest BCUT2D eigenvalue weighted by molar-refractivity contribution is -0.156. The van der Waals surface area contributed by atoms with Gasteiger partial charge in [0.15, 0.2) is 0 Å². The van der Waals surface area contributed by atoms with E-state index >= 15 is 0 Å². The summed E-state index contributed by atoms with van der Waals surface area (Å²) in [6, 6.07) is 0. The van der Waals surface area contributed by atoms with Crippen LogP contribution in [-0.2, 0) is 9.53 Å². The fourth-order valence-electron chi connectivity index (χ4n) is 1.99. The van der Waals surface area contributed by atoms with E-state index in [4.69, 9.17) is 9.84 Å². The van der Waals surface area contributed by atoms with Crippen LogP contribution in [0.3, 0.4) is 0 Å². The van der Waals surface area contributed by atoms with E-state index in [2.05, 4.69) is 4.90 Å². The van der Waals surface area contributed by atoms with E-state index in [1.54, 1.807) is 7.11 Å². The number of carbonyl (C=O) groups is 1. The van der Waals surface area contributed by atoms with Crippen molar-refractivity contribution in [2.75, 3.05) is 33.9 Å². The smallest absolute Gasteiger partial charge is 0.313 e. The molecule has 1 N–H and O–H groups in total. The van der Waals surface area contributed by atoms with Gasteiger partial charge in [0.2, 0.25) is 0 Å². The molecule has 0 aromatic rings. The lowest BCUT2D eigenvalue weighted by Crippen LogP contribution is -2.48. The summed E-state index contributed by atoms with van der Waals surface area (Å²) in [5.74, 6) is -0.735. The Morgan fingerprint density at radius 1 is 1.69 bits per heavy atom. The van der Waals surface area contributed by atoms with Crippen LogP contribution in [0.25, 0.3) is 0 Å². The van der Waals surface area contributed by atoms with Crippen LogP contribution >= 0.6 is 0 Å². The Bertz CT molecular complexity index is 191. The van der Waals surface area contributed by atoms with Gasteiger partial charge in [0.1, 0.15) is 5.41 Å². The number of rotatable bonds is 3. The number of nitrogens with zero attached hydrogens (tertiary/aromatic N) is 1. The SMILES string of the molecule is COCC1(C(=O)O)CCCN(C)C1. The van der Waals surface area contributed by atoms with Gasteiger partial charge in [-0.1, -0.05) is 0 Å². The molecule has 1 atom stereocenters. The molecule has 0 radical (unpaired) electrons. The van der Waals surface area contributed by atoms with Crippen LogP contribution in [0.5, 0.6) is 0 Å². The average molecular weight is 187 g/mol. The molecule has 1 saturated heterocycles.